The van der Waals surface area contributed by atoms with Crippen LogP contribution in [-0.4, -0.2) is 28.6 Å². The summed E-state index contributed by atoms with van der Waals surface area (Å²) >= 11 is 1.13. The van der Waals surface area contributed by atoms with Gasteiger partial charge in [0.15, 0.2) is 0 Å². The van der Waals surface area contributed by atoms with Gasteiger partial charge in [0.2, 0.25) is 0 Å². The monoisotopic (exact) mass is 280 g/mol. The van der Waals surface area contributed by atoms with Crippen molar-refractivity contribution in [1.29, 1.82) is 0 Å². The molecule has 1 rings (SSSR count). The summed E-state index contributed by atoms with van der Waals surface area (Å²) < 4.78 is 0. The first-order valence-electron chi connectivity index (χ1n) is 5.56. The first-order chi connectivity index (χ1) is 8.69. The van der Waals surface area contributed by atoms with Crippen LogP contribution in [0.4, 0.5) is 0 Å². The van der Waals surface area contributed by atoms with Crippen LogP contribution in [-0.2, 0) is 4.79 Å². The molecule has 6 heteroatoms. The average molecular weight is 280 g/mol. The standard InChI is InChI=1S/C13H15NO4S/c1-8(12(16)17)14-11(15)10-5-4-9(19-10)6-7-13(2,3)18/h4-5,8,18H,1-3H3,(H,14,15)(H,16,17)/p-1/t8-/m0/s1. The number of aliphatic hydroxyl groups is 1. The second-order valence-electron chi connectivity index (χ2n) is 4.49. The number of carboxylic acid groups (broad SMARTS) is 1. The summed E-state index contributed by atoms with van der Waals surface area (Å²) in [7, 11) is 0. The predicted octanol–water partition coefficient (Wildman–Crippen LogP) is -0.261. The molecular weight excluding hydrogens is 266 g/mol. The molecule has 0 spiro atoms. The van der Waals surface area contributed by atoms with Gasteiger partial charge in [-0.05, 0) is 32.9 Å². The Morgan fingerprint density at radius 1 is 1.47 bits per heavy atom. The number of rotatable bonds is 3. The summed E-state index contributed by atoms with van der Waals surface area (Å²) in [6.45, 7) is 4.45. The van der Waals surface area contributed by atoms with Crippen molar-refractivity contribution < 1.29 is 19.8 Å². The lowest BCUT2D eigenvalue weighted by Gasteiger charge is -2.13. The molecule has 5 nitrogen and oxygen atoms in total. The molecule has 0 aliphatic heterocycles. The van der Waals surface area contributed by atoms with Crippen LogP contribution in [0.15, 0.2) is 12.1 Å². The number of hydrogen-bond acceptors (Lipinski definition) is 5. The lowest BCUT2D eigenvalue weighted by atomic mass is 10.1. The highest BCUT2D eigenvalue weighted by Crippen LogP contribution is 2.15. The van der Waals surface area contributed by atoms with Crippen LogP contribution in [0.1, 0.15) is 35.3 Å². The number of nitrogens with one attached hydrogen (secondary N) is 1. The lowest BCUT2D eigenvalue weighted by molar-refractivity contribution is -0.307. The third kappa shape index (κ3) is 5.12. The first-order valence-corrected chi connectivity index (χ1v) is 6.38. The Balaban J connectivity index is 2.77. The summed E-state index contributed by atoms with van der Waals surface area (Å²) in [5, 5.41) is 22.3. The summed E-state index contributed by atoms with van der Waals surface area (Å²) in [5.74, 6) is 3.55. The van der Waals surface area contributed by atoms with E-state index in [1.54, 1.807) is 26.0 Å². The molecule has 0 aliphatic carbocycles. The third-order valence-corrected chi connectivity index (χ3v) is 3.02. The SMILES string of the molecule is C[C@H](NC(=O)c1ccc(C#CC(C)(C)O)s1)C(=O)[O-]. The van der Waals surface area contributed by atoms with E-state index in [4.69, 9.17) is 0 Å². The van der Waals surface area contributed by atoms with Crippen molar-refractivity contribution in [2.24, 2.45) is 0 Å². The highest BCUT2D eigenvalue weighted by atomic mass is 32.1. The molecule has 1 aromatic rings. The van der Waals surface area contributed by atoms with Crippen LogP contribution in [0.3, 0.4) is 0 Å². The number of carboxylic acids is 1. The molecule has 0 aliphatic rings. The number of aliphatic carboxylic acids is 1. The largest absolute Gasteiger partial charge is 0.548 e. The van der Waals surface area contributed by atoms with Gasteiger partial charge in [0, 0.05) is 0 Å². The fraction of sp³-hybridized carbons (Fsp3) is 0.385. The van der Waals surface area contributed by atoms with Crippen LogP contribution < -0.4 is 10.4 Å². The molecule has 1 atom stereocenters. The summed E-state index contributed by atoms with van der Waals surface area (Å²) in [4.78, 5) is 23.2. The van der Waals surface area contributed by atoms with E-state index in [1.807, 2.05) is 0 Å². The van der Waals surface area contributed by atoms with E-state index in [1.165, 1.54) is 6.92 Å². The number of hydrogen-bond donors (Lipinski definition) is 2. The summed E-state index contributed by atoms with van der Waals surface area (Å²) in [6, 6.07) is 2.14. The highest BCUT2D eigenvalue weighted by molar-refractivity contribution is 7.14. The van der Waals surface area contributed by atoms with E-state index >= 15 is 0 Å². The van der Waals surface area contributed by atoms with Crippen molar-refractivity contribution >= 4 is 23.2 Å². The van der Waals surface area contributed by atoms with Crippen LogP contribution >= 0.6 is 11.3 Å². The van der Waals surface area contributed by atoms with E-state index in [2.05, 4.69) is 17.2 Å². The summed E-state index contributed by atoms with van der Waals surface area (Å²) in [6.07, 6.45) is 0. The van der Waals surface area contributed by atoms with Gasteiger partial charge >= 0.3 is 0 Å². The lowest BCUT2D eigenvalue weighted by Crippen LogP contribution is -2.45. The van der Waals surface area contributed by atoms with Crippen molar-refractivity contribution in [3.8, 4) is 11.8 Å². The molecule has 0 bridgehead atoms. The number of carbonyl (C=O) groups is 2. The molecule has 0 fully saturated rings. The van der Waals surface area contributed by atoms with Gasteiger partial charge in [-0.3, -0.25) is 4.79 Å². The Hall–Kier alpha value is -1.84. The minimum absolute atomic E-state index is 0.355. The van der Waals surface area contributed by atoms with E-state index in [9.17, 15) is 19.8 Å². The summed E-state index contributed by atoms with van der Waals surface area (Å²) in [5.41, 5.74) is -1.10. The van der Waals surface area contributed by atoms with Crippen LogP contribution in [0.5, 0.6) is 0 Å². The van der Waals surface area contributed by atoms with E-state index in [-0.39, 0.29) is 0 Å². The molecule has 0 saturated carbocycles. The number of amides is 1. The minimum Gasteiger partial charge on any atom is -0.548 e. The maximum absolute atomic E-state index is 11.7. The molecule has 0 radical (unpaired) electrons. The molecule has 1 amide bonds. The van der Waals surface area contributed by atoms with Gasteiger partial charge < -0.3 is 20.3 Å². The fourth-order valence-corrected chi connectivity index (χ4v) is 1.83. The Kier molecular flexibility index (Phi) is 4.70. The van der Waals surface area contributed by atoms with Gasteiger partial charge in [-0.1, -0.05) is 11.8 Å². The Bertz CT molecular complexity index is 545. The van der Waals surface area contributed by atoms with E-state index in [0.717, 1.165) is 11.3 Å². The molecule has 0 saturated heterocycles. The van der Waals surface area contributed by atoms with Crippen LogP contribution in [0.2, 0.25) is 0 Å². The molecule has 19 heavy (non-hydrogen) atoms. The number of thiophene rings is 1. The van der Waals surface area contributed by atoms with Gasteiger partial charge in [0.1, 0.15) is 5.60 Å². The normalized spacial score (nSPS) is 12.2. The number of carbonyl (C=O) groups excluding carboxylic acids is 2. The predicted molar refractivity (Wildman–Crippen MR) is 69.4 cm³/mol. The van der Waals surface area contributed by atoms with Gasteiger partial charge in [0.25, 0.3) is 5.91 Å². The van der Waals surface area contributed by atoms with Crippen molar-refractivity contribution in [2.75, 3.05) is 0 Å². The zero-order valence-corrected chi connectivity index (χ0v) is 11.6. The minimum atomic E-state index is -1.34. The van der Waals surface area contributed by atoms with Crippen molar-refractivity contribution in [2.45, 2.75) is 32.4 Å². The van der Waals surface area contributed by atoms with Gasteiger partial charge in [-0.15, -0.1) is 11.3 Å². The van der Waals surface area contributed by atoms with Gasteiger partial charge in [-0.25, -0.2) is 0 Å². The molecule has 2 N–H and O–H groups in total. The second kappa shape index (κ2) is 5.87. The maximum Gasteiger partial charge on any atom is 0.261 e. The van der Waals surface area contributed by atoms with Gasteiger partial charge in [-0.2, -0.15) is 0 Å². The third-order valence-electron chi connectivity index (χ3n) is 2.02. The first kappa shape index (κ1) is 15.2. The topological polar surface area (TPSA) is 89.5 Å². The van der Waals surface area contributed by atoms with Gasteiger partial charge in [0.05, 0.1) is 21.8 Å². The maximum atomic E-state index is 11.7. The molecule has 1 aromatic heterocycles. The highest BCUT2D eigenvalue weighted by Gasteiger charge is 2.12. The zero-order chi connectivity index (χ0) is 14.6. The molecule has 0 aromatic carbocycles. The smallest absolute Gasteiger partial charge is 0.261 e. The van der Waals surface area contributed by atoms with Crippen molar-refractivity contribution in [1.82, 2.24) is 5.32 Å². The quantitative estimate of drug-likeness (QED) is 0.746. The van der Waals surface area contributed by atoms with Crippen LogP contribution in [0, 0.1) is 11.8 Å². The van der Waals surface area contributed by atoms with Crippen molar-refractivity contribution in [3.05, 3.63) is 21.9 Å². The molecular formula is C13H14NO4S-. The van der Waals surface area contributed by atoms with Crippen LogP contribution in [0.25, 0.3) is 0 Å². The van der Waals surface area contributed by atoms with E-state index < -0.39 is 23.5 Å². The zero-order valence-electron chi connectivity index (χ0n) is 10.8. The fourth-order valence-electron chi connectivity index (χ4n) is 1.07. The average Bonchev–Trinajstić information content (AvgIpc) is 2.73. The Morgan fingerprint density at radius 3 is 2.63 bits per heavy atom. The molecule has 1 heterocycles. The Morgan fingerprint density at radius 2 is 2.11 bits per heavy atom. The molecule has 0 unspecified atom stereocenters. The molecule has 102 valence electrons. The van der Waals surface area contributed by atoms with E-state index in [0.29, 0.717) is 9.75 Å². The van der Waals surface area contributed by atoms with Crippen molar-refractivity contribution in [3.63, 3.8) is 0 Å². The second-order valence-corrected chi connectivity index (χ2v) is 5.57. The Labute approximate surface area is 115 Å².